The second-order valence-electron chi connectivity index (χ2n) is 4.46. The quantitative estimate of drug-likeness (QED) is 0.680. The van der Waals surface area contributed by atoms with Crippen molar-refractivity contribution in [3.63, 3.8) is 0 Å². The number of rotatable bonds is 2. The monoisotopic (exact) mass is 308 g/mol. The van der Waals surface area contributed by atoms with Crippen molar-refractivity contribution in [2.45, 2.75) is 6.10 Å². The Hall–Kier alpha value is -1.75. The van der Waals surface area contributed by atoms with E-state index in [9.17, 15) is 9.90 Å². The number of fused-ring (bicyclic) bond motifs is 1. The second-order valence-corrected chi connectivity index (χ2v) is 5.27. The molecule has 0 fully saturated rings. The largest absolute Gasteiger partial charge is 0.384 e. The lowest BCUT2D eigenvalue weighted by atomic mass is 10.0. The number of benzene rings is 2. The van der Waals surface area contributed by atoms with Crippen molar-refractivity contribution in [2.24, 2.45) is 0 Å². The van der Waals surface area contributed by atoms with Gasteiger partial charge in [0.1, 0.15) is 6.10 Å². The Labute approximate surface area is 124 Å². The van der Waals surface area contributed by atoms with Crippen molar-refractivity contribution in [2.75, 3.05) is 0 Å². The Balaban J connectivity index is 2.04. The van der Waals surface area contributed by atoms with Gasteiger partial charge in [0, 0.05) is 0 Å². The number of imidazole rings is 1. The molecule has 3 aromatic rings. The van der Waals surface area contributed by atoms with Crippen molar-refractivity contribution >= 4 is 34.2 Å². The number of halogens is 2. The van der Waals surface area contributed by atoms with Crippen LogP contribution in [-0.4, -0.2) is 15.1 Å². The van der Waals surface area contributed by atoms with E-state index in [-0.39, 0.29) is 5.69 Å². The third-order valence-electron chi connectivity index (χ3n) is 3.12. The fraction of sp³-hybridized carbons (Fsp3) is 0.0714. The first-order chi connectivity index (χ1) is 9.54. The Kier molecular flexibility index (Phi) is 3.30. The Morgan fingerprint density at radius 1 is 0.900 bits per heavy atom. The SMILES string of the molecule is O=c1[nH]c2ccc(C(O)c3ccc(Cl)c(Cl)c3)cc2[nH]1. The molecule has 1 unspecified atom stereocenters. The van der Waals surface area contributed by atoms with Crippen molar-refractivity contribution in [3.05, 3.63) is 68.1 Å². The number of aromatic nitrogens is 2. The molecule has 0 aliphatic heterocycles. The van der Waals surface area contributed by atoms with Gasteiger partial charge in [0.05, 0.1) is 21.1 Å². The summed E-state index contributed by atoms with van der Waals surface area (Å²) in [7, 11) is 0. The lowest BCUT2D eigenvalue weighted by Gasteiger charge is -2.12. The van der Waals surface area contributed by atoms with Gasteiger partial charge >= 0.3 is 5.69 Å². The number of aromatic amines is 2. The summed E-state index contributed by atoms with van der Waals surface area (Å²) in [6.07, 6.45) is -0.840. The van der Waals surface area contributed by atoms with E-state index in [1.165, 1.54) is 0 Å². The maximum Gasteiger partial charge on any atom is 0.323 e. The van der Waals surface area contributed by atoms with Crippen molar-refractivity contribution in [1.29, 1.82) is 0 Å². The Morgan fingerprint density at radius 2 is 1.55 bits per heavy atom. The van der Waals surface area contributed by atoms with Crippen molar-refractivity contribution < 1.29 is 5.11 Å². The lowest BCUT2D eigenvalue weighted by molar-refractivity contribution is 0.220. The van der Waals surface area contributed by atoms with Crippen LogP contribution in [0.4, 0.5) is 0 Å². The van der Waals surface area contributed by atoms with Gasteiger partial charge in [0.25, 0.3) is 0 Å². The fourth-order valence-corrected chi connectivity index (χ4v) is 2.40. The van der Waals surface area contributed by atoms with E-state index in [1.807, 2.05) is 0 Å². The number of hydrogen-bond donors (Lipinski definition) is 3. The molecule has 1 aromatic heterocycles. The van der Waals surface area contributed by atoms with Gasteiger partial charge in [-0.15, -0.1) is 0 Å². The molecule has 6 heteroatoms. The molecule has 0 spiro atoms. The van der Waals surface area contributed by atoms with Crippen molar-refractivity contribution in [1.82, 2.24) is 9.97 Å². The highest BCUT2D eigenvalue weighted by atomic mass is 35.5. The summed E-state index contributed by atoms with van der Waals surface area (Å²) in [6, 6.07) is 10.2. The zero-order valence-electron chi connectivity index (χ0n) is 10.2. The van der Waals surface area contributed by atoms with Gasteiger partial charge in [0.2, 0.25) is 0 Å². The van der Waals surface area contributed by atoms with Crippen LogP contribution < -0.4 is 5.69 Å². The number of nitrogens with one attached hydrogen (secondary N) is 2. The summed E-state index contributed by atoms with van der Waals surface area (Å²) >= 11 is 11.8. The highest BCUT2D eigenvalue weighted by Crippen LogP contribution is 2.29. The molecular weight excluding hydrogens is 299 g/mol. The zero-order valence-corrected chi connectivity index (χ0v) is 11.7. The minimum absolute atomic E-state index is 0.277. The first-order valence-corrected chi connectivity index (χ1v) is 6.65. The first-order valence-electron chi connectivity index (χ1n) is 5.89. The summed E-state index contributed by atoms with van der Waals surface area (Å²) in [6.45, 7) is 0. The smallest absolute Gasteiger partial charge is 0.323 e. The average Bonchev–Trinajstić information content (AvgIpc) is 2.80. The molecule has 0 radical (unpaired) electrons. The second kappa shape index (κ2) is 4.98. The predicted molar refractivity (Wildman–Crippen MR) is 79.4 cm³/mol. The Morgan fingerprint density at radius 3 is 2.30 bits per heavy atom. The maximum atomic E-state index is 11.2. The van der Waals surface area contributed by atoms with E-state index >= 15 is 0 Å². The third kappa shape index (κ3) is 2.33. The highest BCUT2D eigenvalue weighted by Gasteiger charge is 2.13. The summed E-state index contributed by atoms with van der Waals surface area (Å²) in [5, 5.41) is 11.2. The van der Waals surface area contributed by atoms with Gasteiger partial charge in [-0.2, -0.15) is 0 Å². The molecule has 4 nitrogen and oxygen atoms in total. The first kappa shape index (κ1) is 13.2. The number of hydrogen-bond acceptors (Lipinski definition) is 2. The minimum atomic E-state index is -0.840. The summed E-state index contributed by atoms with van der Waals surface area (Å²) in [4.78, 5) is 16.5. The van der Waals surface area contributed by atoms with E-state index in [4.69, 9.17) is 23.2 Å². The van der Waals surface area contributed by atoms with E-state index in [1.54, 1.807) is 36.4 Å². The molecule has 0 amide bonds. The maximum absolute atomic E-state index is 11.2. The van der Waals surface area contributed by atoms with Crippen LogP contribution in [0.3, 0.4) is 0 Å². The molecule has 0 saturated carbocycles. The minimum Gasteiger partial charge on any atom is -0.384 e. The molecule has 3 rings (SSSR count). The number of H-pyrrole nitrogens is 2. The zero-order chi connectivity index (χ0) is 14.3. The molecule has 0 bridgehead atoms. The van der Waals surface area contributed by atoms with Crippen molar-refractivity contribution in [3.8, 4) is 0 Å². The van der Waals surface area contributed by atoms with Crippen LogP contribution in [0.1, 0.15) is 17.2 Å². The number of aliphatic hydroxyl groups is 1. The molecule has 2 aromatic carbocycles. The third-order valence-corrected chi connectivity index (χ3v) is 3.85. The van der Waals surface area contributed by atoms with Gasteiger partial charge in [-0.25, -0.2) is 4.79 Å². The summed E-state index contributed by atoms with van der Waals surface area (Å²) in [5.74, 6) is 0. The van der Waals surface area contributed by atoms with Crippen LogP contribution in [0.25, 0.3) is 11.0 Å². The van der Waals surface area contributed by atoms with E-state index in [2.05, 4.69) is 9.97 Å². The average molecular weight is 309 g/mol. The van der Waals surface area contributed by atoms with Gasteiger partial charge in [-0.3, -0.25) is 0 Å². The fourth-order valence-electron chi connectivity index (χ4n) is 2.10. The summed E-state index contributed by atoms with van der Waals surface area (Å²) in [5.41, 5.74) is 2.36. The van der Waals surface area contributed by atoms with E-state index in [0.29, 0.717) is 32.2 Å². The van der Waals surface area contributed by atoms with Gasteiger partial charge in [-0.05, 0) is 35.4 Å². The van der Waals surface area contributed by atoms with Crippen LogP contribution in [0, 0.1) is 0 Å². The van der Waals surface area contributed by atoms with Crippen LogP contribution in [0.2, 0.25) is 10.0 Å². The molecule has 0 aliphatic rings. The van der Waals surface area contributed by atoms with Gasteiger partial charge in [0.15, 0.2) is 0 Å². The highest BCUT2D eigenvalue weighted by molar-refractivity contribution is 6.42. The molecule has 1 atom stereocenters. The normalized spacial score (nSPS) is 12.8. The molecule has 20 heavy (non-hydrogen) atoms. The van der Waals surface area contributed by atoms with Gasteiger partial charge < -0.3 is 15.1 Å². The molecule has 3 N–H and O–H groups in total. The van der Waals surface area contributed by atoms with E-state index in [0.717, 1.165) is 0 Å². The van der Waals surface area contributed by atoms with E-state index < -0.39 is 6.10 Å². The molecule has 102 valence electrons. The van der Waals surface area contributed by atoms with Crippen LogP contribution in [0.5, 0.6) is 0 Å². The predicted octanol–water partition coefficient (Wildman–Crippen LogP) is 3.24. The number of aliphatic hydroxyl groups excluding tert-OH is 1. The molecule has 1 heterocycles. The van der Waals surface area contributed by atoms with Crippen LogP contribution in [0.15, 0.2) is 41.2 Å². The molecular formula is C14H10Cl2N2O2. The van der Waals surface area contributed by atoms with Crippen LogP contribution >= 0.6 is 23.2 Å². The topological polar surface area (TPSA) is 68.9 Å². The Bertz CT molecular complexity index is 839. The molecule has 0 saturated heterocycles. The lowest BCUT2D eigenvalue weighted by Crippen LogP contribution is -2.00. The summed E-state index contributed by atoms with van der Waals surface area (Å²) < 4.78 is 0. The molecule has 0 aliphatic carbocycles. The standard InChI is InChI=1S/C14H10Cl2N2O2/c15-9-3-1-7(5-10(9)16)13(19)8-2-4-11-12(6-8)18-14(20)17-11/h1-6,13,19H,(H2,17,18,20). The van der Waals surface area contributed by atoms with Gasteiger partial charge in [-0.1, -0.05) is 35.3 Å². The van der Waals surface area contributed by atoms with Crippen LogP contribution in [-0.2, 0) is 0 Å².